The van der Waals surface area contributed by atoms with Crippen molar-refractivity contribution in [3.05, 3.63) is 34.6 Å². The summed E-state index contributed by atoms with van der Waals surface area (Å²) in [6.45, 7) is 2.91. The van der Waals surface area contributed by atoms with E-state index in [1.807, 2.05) is 14.0 Å². The van der Waals surface area contributed by atoms with Crippen molar-refractivity contribution < 1.29 is 4.39 Å². The Bertz CT molecular complexity index is 301. The van der Waals surface area contributed by atoms with Gasteiger partial charge in [-0.25, -0.2) is 4.39 Å². The molecule has 14 heavy (non-hydrogen) atoms. The molecule has 1 unspecified atom stereocenters. The molecular formula is C11H15ClFN. The lowest BCUT2D eigenvalue weighted by Crippen LogP contribution is -2.11. The van der Waals surface area contributed by atoms with Gasteiger partial charge in [-0.1, -0.05) is 24.6 Å². The number of benzene rings is 1. The number of hydrogen-bond acceptors (Lipinski definition) is 1. The molecule has 1 nitrogen and oxygen atoms in total. The molecule has 0 amide bonds. The van der Waals surface area contributed by atoms with E-state index in [1.54, 1.807) is 12.1 Å². The Morgan fingerprint density at radius 3 is 2.79 bits per heavy atom. The van der Waals surface area contributed by atoms with Gasteiger partial charge in [-0.3, -0.25) is 0 Å². The van der Waals surface area contributed by atoms with Crippen molar-refractivity contribution in [3.8, 4) is 0 Å². The van der Waals surface area contributed by atoms with Crippen LogP contribution in [0.5, 0.6) is 0 Å². The van der Waals surface area contributed by atoms with Crippen molar-refractivity contribution in [1.29, 1.82) is 0 Å². The lowest BCUT2D eigenvalue weighted by atomic mass is 9.97. The zero-order valence-electron chi connectivity index (χ0n) is 8.48. The first-order chi connectivity index (χ1) is 6.65. The van der Waals surface area contributed by atoms with Crippen molar-refractivity contribution in [3.63, 3.8) is 0 Å². The quantitative estimate of drug-likeness (QED) is 0.814. The Morgan fingerprint density at radius 1 is 1.50 bits per heavy atom. The third-order valence-corrected chi connectivity index (χ3v) is 2.56. The third-order valence-electron chi connectivity index (χ3n) is 2.32. The van der Waals surface area contributed by atoms with Gasteiger partial charge in [0.05, 0.1) is 0 Å². The summed E-state index contributed by atoms with van der Waals surface area (Å²) in [6, 6.07) is 4.86. The number of hydrogen-bond donors (Lipinski definition) is 1. The summed E-state index contributed by atoms with van der Waals surface area (Å²) in [7, 11) is 1.89. The van der Waals surface area contributed by atoms with Crippen LogP contribution in [0.1, 0.15) is 24.8 Å². The Balaban J connectivity index is 2.74. The number of halogens is 2. The molecule has 0 bridgehead atoms. The number of rotatable bonds is 4. The lowest BCUT2D eigenvalue weighted by molar-refractivity contribution is 0.565. The second kappa shape index (κ2) is 5.32. The first kappa shape index (κ1) is 11.5. The molecule has 3 heteroatoms. The van der Waals surface area contributed by atoms with Crippen LogP contribution < -0.4 is 5.32 Å². The molecule has 0 saturated heterocycles. The second-order valence-electron chi connectivity index (χ2n) is 3.46. The SMILES string of the molecule is CNCCC(C)c1ccc(Cl)cc1F. The molecule has 1 aromatic carbocycles. The maximum atomic E-state index is 13.4. The van der Waals surface area contributed by atoms with Crippen LogP contribution in [0.15, 0.2) is 18.2 Å². The highest BCUT2D eigenvalue weighted by Crippen LogP contribution is 2.24. The summed E-state index contributed by atoms with van der Waals surface area (Å²) in [5, 5.41) is 3.50. The van der Waals surface area contributed by atoms with Crippen molar-refractivity contribution in [1.82, 2.24) is 5.32 Å². The molecule has 0 aliphatic heterocycles. The monoisotopic (exact) mass is 215 g/mol. The maximum absolute atomic E-state index is 13.4. The van der Waals surface area contributed by atoms with Crippen LogP contribution >= 0.6 is 11.6 Å². The normalized spacial score (nSPS) is 12.9. The van der Waals surface area contributed by atoms with E-state index < -0.39 is 0 Å². The topological polar surface area (TPSA) is 12.0 Å². The molecule has 0 aliphatic carbocycles. The minimum Gasteiger partial charge on any atom is -0.320 e. The van der Waals surface area contributed by atoms with E-state index in [0.717, 1.165) is 18.5 Å². The molecule has 1 N–H and O–H groups in total. The first-order valence-corrected chi connectivity index (χ1v) is 5.12. The maximum Gasteiger partial charge on any atom is 0.128 e. The van der Waals surface area contributed by atoms with Gasteiger partial charge >= 0.3 is 0 Å². The lowest BCUT2D eigenvalue weighted by Gasteiger charge is -2.12. The highest BCUT2D eigenvalue weighted by molar-refractivity contribution is 6.30. The van der Waals surface area contributed by atoms with E-state index in [-0.39, 0.29) is 11.7 Å². The Morgan fingerprint density at radius 2 is 2.21 bits per heavy atom. The summed E-state index contributed by atoms with van der Waals surface area (Å²) in [6.07, 6.45) is 0.926. The minimum absolute atomic E-state index is 0.207. The van der Waals surface area contributed by atoms with Crippen LogP contribution in [-0.2, 0) is 0 Å². The average molecular weight is 216 g/mol. The molecule has 0 radical (unpaired) electrons. The Labute approximate surface area is 89.3 Å². The fourth-order valence-corrected chi connectivity index (χ4v) is 1.58. The summed E-state index contributed by atoms with van der Waals surface area (Å²) in [4.78, 5) is 0. The van der Waals surface area contributed by atoms with Crippen molar-refractivity contribution in [2.24, 2.45) is 0 Å². The molecule has 0 heterocycles. The summed E-state index contributed by atoms with van der Waals surface area (Å²) in [5.74, 6) is 0.0146. The van der Waals surface area contributed by atoms with Gasteiger partial charge in [0, 0.05) is 5.02 Å². The van der Waals surface area contributed by atoms with Crippen LogP contribution in [0.2, 0.25) is 5.02 Å². The highest BCUT2D eigenvalue weighted by atomic mass is 35.5. The van der Waals surface area contributed by atoms with E-state index in [9.17, 15) is 4.39 Å². The second-order valence-corrected chi connectivity index (χ2v) is 3.90. The summed E-state index contributed by atoms with van der Waals surface area (Å²) in [5.41, 5.74) is 0.740. The van der Waals surface area contributed by atoms with Crippen molar-refractivity contribution in [2.75, 3.05) is 13.6 Å². The standard InChI is InChI=1S/C11H15ClFN/c1-8(5-6-14-2)10-4-3-9(12)7-11(10)13/h3-4,7-8,14H,5-6H2,1-2H3. The molecule has 1 aromatic rings. The minimum atomic E-state index is -0.207. The molecule has 0 saturated carbocycles. The van der Waals surface area contributed by atoms with Gasteiger partial charge < -0.3 is 5.32 Å². The van der Waals surface area contributed by atoms with E-state index >= 15 is 0 Å². The van der Waals surface area contributed by atoms with Crippen LogP contribution in [-0.4, -0.2) is 13.6 Å². The number of nitrogens with one attached hydrogen (secondary N) is 1. The average Bonchev–Trinajstić information content (AvgIpc) is 2.14. The molecular weight excluding hydrogens is 201 g/mol. The zero-order valence-corrected chi connectivity index (χ0v) is 9.24. The van der Waals surface area contributed by atoms with Crippen LogP contribution in [0.4, 0.5) is 4.39 Å². The van der Waals surface area contributed by atoms with Gasteiger partial charge in [0.2, 0.25) is 0 Å². The fourth-order valence-electron chi connectivity index (χ4n) is 1.42. The summed E-state index contributed by atoms with van der Waals surface area (Å²) >= 11 is 5.67. The first-order valence-electron chi connectivity index (χ1n) is 4.74. The molecule has 0 aliphatic rings. The van der Waals surface area contributed by atoms with Crippen LogP contribution in [0, 0.1) is 5.82 Å². The zero-order chi connectivity index (χ0) is 10.6. The smallest absolute Gasteiger partial charge is 0.128 e. The van der Waals surface area contributed by atoms with Crippen molar-refractivity contribution >= 4 is 11.6 Å². The van der Waals surface area contributed by atoms with E-state index in [0.29, 0.717) is 5.02 Å². The van der Waals surface area contributed by atoms with Gasteiger partial charge in [-0.2, -0.15) is 0 Å². The Kier molecular flexibility index (Phi) is 4.36. The largest absolute Gasteiger partial charge is 0.320 e. The van der Waals surface area contributed by atoms with Gasteiger partial charge in [-0.15, -0.1) is 0 Å². The predicted octanol–water partition coefficient (Wildman–Crippen LogP) is 3.19. The molecule has 0 fully saturated rings. The van der Waals surface area contributed by atoms with E-state index in [4.69, 9.17) is 11.6 Å². The molecule has 78 valence electrons. The van der Waals surface area contributed by atoms with Gasteiger partial charge in [0.25, 0.3) is 0 Å². The fraction of sp³-hybridized carbons (Fsp3) is 0.455. The third kappa shape index (κ3) is 2.96. The summed E-state index contributed by atoms with van der Waals surface area (Å²) < 4.78 is 13.4. The molecule has 0 aromatic heterocycles. The van der Waals surface area contributed by atoms with E-state index in [1.165, 1.54) is 6.07 Å². The van der Waals surface area contributed by atoms with Crippen LogP contribution in [0.25, 0.3) is 0 Å². The van der Waals surface area contributed by atoms with Crippen molar-refractivity contribution in [2.45, 2.75) is 19.3 Å². The van der Waals surface area contributed by atoms with Gasteiger partial charge in [0.1, 0.15) is 5.82 Å². The van der Waals surface area contributed by atoms with Gasteiger partial charge in [0.15, 0.2) is 0 Å². The van der Waals surface area contributed by atoms with E-state index in [2.05, 4.69) is 5.32 Å². The van der Waals surface area contributed by atoms with Gasteiger partial charge in [-0.05, 0) is 43.6 Å². The Hall–Kier alpha value is -0.600. The highest BCUT2D eigenvalue weighted by Gasteiger charge is 2.10. The molecule has 0 spiro atoms. The van der Waals surface area contributed by atoms with Crippen LogP contribution in [0.3, 0.4) is 0 Å². The molecule has 1 atom stereocenters. The predicted molar refractivity (Wildman–Crippen MR) is 58.4 cm³/mol. The molecule has 1 rings (SSSR count).